The SMILES string of the molecule is Cc1cccc(NC(=O)N2C3CCCC2CC(NC(=O)c2cccc(F)c2)C3)c1. The van der Waals surface area contributed by atoms with Crippen LogP contribution in [0.4, 0.5) is 14.9 Å². The van der Waals surface area contributed by atoms with Gasteiger partial charge in [0.2, 0.25) is 0 Å². The molecule has 2 aromatic carbocycles. The zero-order valence-electron chi connectivity index (χ0n) is 16.5. The number of nitrogens with one attached hydrogen (secondary N) is 2. The Labute approximate surface area is 170 Å². The molecule has 2 aliphatic rings. The molecule has 29 heavy (non-hydrogen) atoms. The molecule has 2 aromatic rings. The van der Waals surface area contributed by atoms with Gasteiger partial charge < -0.3 is 15.5 Å². The zero-order chi connectivity index (χ0) is 20.4. The van der Waals surface area contributed by atoms with Crippen LogP contribution in [0.1, 0.15) is 48.0 Å². The third kappa shape index (κ3) is 4.42. The lowest BCUT2D eigenvalue weighted by Crippen LogP contribution is -2.59. The monoisotopic (exact) mass is 395 g/mol. The van der Waals surface area contributed by atoms with E-state index in [4.69, 9.17) is 0 Å². The van der Waals surface area contributed by atoms with Crippen molar-refractivity contribution in [3.8, 4) is 0 Å². The highest BCUT2D eigenvalue weighted by atomic mass is 19.1. The van der Waals surface area contributed by atoms with E-state index < -0.39 is 5.82 Å². The molecule has 0 spiro atoms. The molecule has 2 heterocycles. The lowest BCUT2D eigenvalue weighted by Gasteiger charge is -2.48. The van der Waals surface area contributed by atoms with E-state index >= 15 is 0 Å². The van der Waals surface area contributed by atoms with Crippen molar-refractivity contribution >= 4 is 17.6 Å². The molecule has 4 rings (SSSR count). The van der Waals surface area contributed by atoms with Crippen molar-refractivity contribution in [2.24, 2.45) is 0 Å². The number of carbonyl (C=O) groups excluding carboxylic acids is 2. The van der Waals surface area contributed by atoms with Crippen LogP contribution in [-0.2, 0) is 0 Å². The average molecular weight is 395 g/mol. The molecule has 0 radical (unpaired) electrons. The number of piperidine rings is 2. The first-order chi connectivity index (χ1) is 14.0. The van der Waals surface area contributed by atoms with Gasteiger partial charge in [0.25, 0.3) is 5.91 Å². The van der Waals surface area contributed by atoms with Crippen LogP contribution in [0.15, 0.2) is 48.5 Å². The number of halogens is 1. The van der Waals surface area contributed by atoms with Crippen molar-refractivity contribution in [1.82, 2.24) is 10.2 Å². The molecule has 2 unspecified atom stereocenters. The predicted octanol–water partition coefficient (Wildman–Crippen LogP) is 4.48. The number of rotatable bonds is 3. The van der Waals surface area contributed by atoms with Gasteiger partial charge in [-0.3, -0.25) is 4.79 Å². The summed E-state index contributed by atoms with van der Waals surface area (Å²) < 4.78 is 13.4. The van der Waals surface area contributed by atoms with Gasteiger partial charge in [0.15, 0.2) is 0 Å². The van der Waals surface area contributed by atoms with Gasteiger partial charge in [-0.05, 0) is 74.9 Å². The predicted molar refractivity (Wildman–Crippen MR) is 110 cm³/mol. The van der Waals surface area contributed by atoms with Crippen molar-refractivity contribution in [1.29, 1.82) is 0 Å². The molecule has 2 bridgehead atoms. The van der Waals surface area contributed by atoms with Crippen molar-refractivity contribution in [3.63, 3.8) is 0 Å². The third-order valence-electron chi connectivity index (χ3n) is 5.90. The van der Waals surface area contributed by atoms with E-state index in [1.807, 2.05) is 36.1 Å². The molecule has 2 atom stereocenters. The highest BCUT2D eigenvalue weighted by molar-refractivity contribution is 5.94. The van der Waals surface area contributed by atoms with E-state index in [0.29, 0.717) is 5.56 Å². The van der Waals surface area contributed by atoms with Crippen molar-refractivity contribution < 1.29 is 14.0 Å². The first-order valence-electron chi connectivity index (χ1n) is 10.2. The summed E-state index contributed by atoms with van der Waals surface area (Å²) in [4.78, 5) is 27.4. The minimum Gasteiger partial charge on any atom is -0.349 e. The van der Waals surface area contributed by atoms with E-state index in [-0.39, 0.29) is 30.1 Å². The van der Waals surface area contributed by atoms with Crippen LogP contribution in [0, 0.1) is 12.7 Å². The van der Waals surface area contributed by atoms with Crippen LogP contribution >= 0.6 is 0 Å². The van der Waals surface area contributed by atoms with Crippen LogP contribution in [0.5, 0.6) is 0 Å². The summed E-state index contributed by atoms with van der Waals surface area (Å²) in [5.74, 6) is -0.678. The Bertz CT molecular complexity index is 903. The van der Waals surface area contributed by atoms with E-state index in [9.17, 15) is 14.0 Å². The summed E-state index contributed by atoms with van der Waals surface area (Å²) >= 11 is 0. The first kappa shape index (κ1) is 19.4. The molecule has 0 aliphatic carbocycles. The number of hydrogen-bond donors (Lipinski definition) is 2. The van der Waals surface area contributed by atoms with Crippen LogP contribution < -0.4 is 10.6 Å². The fourth-order valence-electron chi connectivity index (χ4n) is 4.64. The summed E-state index contributed by atoms with van der Waals surface area (Å²) in [5.41, 5.74) is 2.23. The maximum absolute atomic E-state index is 13.4. The zero-order valence-corrected chi connectivity index (χ0v) is 16.5. The van der Waals surface area contributed by atoms with E-state index in [2.05, 4.69) is 10.6 Å². The molecule has 5 nitrogen and oxygen atoms in total. The molecular formula is C23H26FN3O2. The second kappa shape index (κ2) is 8.23. The summed E-state index contributed by atoms with van der Waals surface area (Å²) in [6.45, 7) is 2.00. The number of aryl methyl sites for hydroxylation is 1. The molecule has 2 N–H and O–H groups in total. The van der Waals surface area contributed by atoms with Crippen LogP contribution in [-0.4, -0.2) is 35.0 Å². The van der Waals surface area contributed by atoms with E-state index in [0.717, 1.165) is 43.4 Å². The molecule has 2 aliphatic heterocycles. The van der Waals surface area contributed by atoms with E-state index in [1.54, 1.807) is 6.07 Å². The summed E-state index contributed by atoms with van der Waals surface area (Å²) in [6, 6.07) is 13.6. The number of fused-ring (bicyclic) bond motifs is 2. The fourth-order valence-corrected chi connectivity index (χ4v) is 4.64. The number of anilines is 1. The van der Waals surface area contributed by atoms with Gasteiger partial charge in [0, 0.05) is 29.4 Å². The maximum Gasteiger partial charge on any atom is 0.322 e. The Morgan fingerprint density at radius 3 is 2.45 bits per heavy atom. The topological polar surface area (TPSA) is 61.4 Å². The Morgan fingerprint density at radius 1 is 1.03 bits per heavy atom. The van der Waals surface area contributed by atoms with Gasteiger partial charge in [-0.1, -0.05) is 18.2 Å². The third-order valence-corrected chi connectivity index (χ3v) is 5.90. The summed E-state index contributed by atoms with van der Waals surface area (Å²) in [6.07, 6.45) is 4.40. The van der Waals surface area contributed by atoms with Gasteiger partial charge in [0.1, 0.15) is 5.82 Å². The van der Waals surface area contributed by atoms with Crippen LogP contribution in [0.2, 0.25) is 0 Å². The second-order valence-corrected chi connectivity index (χ2v) is 8.10. The summed E-state index contributed by atoms with van der Waals surface area (Å²) in [7, 11) is 0. The number of amides is 3. The number of urea groups is 1. The van der Waals surface area contributed by atoms with Gasteiger partial charge in [0.05, 0.1) is 0 Å². The van der Waals surface area contributed by atoms with Crippen LogP contribution in [0.3, 0.4) is 0 Å². The number of hydrogen-bond acceptors (Lipinski definition) is 2. The van der Waals surface area contributed by atoms with E-state index in [1.165, 1.54) is 18.2 Å². The van der Waals surface area contributed by atoms with Crippen molar-refractivity contribution in [2.75, 3.05) is 5.32 Å². The minimum absolute atomic E-state index is 0.0101. The smallest absolute Gasteiger partial charge is 0.322 e. The first-order valence-corrected chi connectivity index (χ1v) is 10.2. The molecule has 3 amide bonds. The second-order valence-electron chi connectivity index (χ2n) is 8.10. The Morgan fingerprint density at radius 2 is 1.76 bits per heavy atom. The Balaban J connectivity index is 1.42. The lowest BCUT2D eigenvalue weighted by molar-refractivity contribution is 0.0577. The normalized spacial score (nSPS) is 23.4. The van der Waals surface area contributed by atoms with Crippen LogP contribution in [0.25, 0.3) is 0 Å². The van der Waals surface area contributed by atoms with Gasteiger partial charge >= 0.3 is 6.03 Å². The molecular weight excluding hydrogens is 369 g/mol. The number of benzene rings is 2. The molecule has 2 saturated heterocycles. The number of nitrogens with zero attached hydrogens (tertiary/aromatic N) is 1. The minimum atomic E-state index is -0.419. The number of carbonyl (C=O) groups is 2. The summed E-state index contributed by atoms with van der Waals surface area (Å²) in [5, 5.41) is 6.07. The maximum atomic E-state index is 13.4. The lowest BCUT2D eigenvalue weighted by atomic mass is 9.82. The van der Waals surface area contributed by atoms with Crippen molar-refractivity contribution in [2.45, 2.75) is 57.2 Å². The quantitative estimate of drug-likeness (QED) is 0.805. The fraction of sp³-hybridized carbons (Fsp3) is 0.391. The van der Waals surface area contributed by atoms with Gasteiger partial charge in [-0.2, -0.15) is 0 Å². The Hall–Kier alpha value is -2.89. The van der Waals surface area contributed by atoms with Gasteiger partial charge in [-0.25, -0.2) is 9.18 Å². The highest BCUT2D eigenvalue weighted by Gasteiger charge is 2.41. The molecule has 0 saturated carbocycles. The average Bonchev–Trinajstić information content (AvgIpc) is 2.67. The standard InChI is InChI=1S/C23H26FN3O2/c1-15-5-2-8-18(11-15)26-23(29)27-20-9-4-10-21(27)14-19(13-20)25-22(28)16-6-3-7-17(24)12-16/h2-3,5-8,11-12,19-21H,4,9-10,13-14H2,1H3,(H,25,28)(H,26,29). The molecule has 2 fully saturated rings. The van der Waals surface area contributed by atoms with Crippen molar-refractivity contribution in [3.05, 3.63) is 65.5 Å². The highest BCUT2D eigenvalue weighted by Crippen LogP contribution is 2.34. The largest absolute Gasteiger partial charge is 0.349 e. The molecule has 0 aromatic heterocycles. The molecule has 6 heteroatoms. The van der Waals surface area contributed by atoms with Gasteiger partial charge in [-0.15, -0.1) is 0 Å². The Kier molecular flexibility index (Phi) is 5.51. The molecule has 152 valence electrons.